The first-order valence-corrected chi connectivity index (χ1v) is 17.7. The quantitative estimate of drug-likeness (QED) is 0.231. The number of ketones is 1. The molecule has 1 aliphatic heterocycles. The fraction of sp³-hybridized carbons (Fsp3) is 0.667. The number of carbonyl (C=O) groups is 3. The summed E-state index contributed by atoms with van der Waals surface area (Å²) in [4.78, 5) is 49.3. The summed E-state index contributed by atoms with van der Waals surface area (Å²) in [7, 11) is 5.00. The highest BCUT2D eigenvalue weighted by Gasteiger charge is 2.42. The standard InChI is InChI=1S/C36H56N4O5S/c1-9-24(4)33(39(6)36(43)32(37)23(2)3)30(44-7)22-31(42)40-18-13-16-28(40)34(45-8)25(5)29(41)21-27(35-38-17-19-46-35)20-26-14-11-10-12-15-26/h10-12,14-15,17,19,23-25,27-28,30,32-34H,9,13,16,18,20-22,37H2,1-8H3/t24-,25-,27+,28-,30+,32-,33-,34+/m0/s1. The topological polar surface area (TPSA) is 115 Å². The van der Waals surface area contributed by atoms with Gasteiger partial charge in [-0.3, -0.25) is 14.4 Å². The second kappa shape index (κ2) is 18.0. The first kappa shape index (κ1) is 37.8. The highest BCUT2D eigenvalue weighted by Crippen LogP contribution is 2.33. The van der Waals surface area contributed by atoms with Gasteiger partial charge in [-0.2, -0.15) is 0 Å². The molecule has 10 heteroatoms. The van der Waals surface area contributed by atoms with Gasteiger partial charge >= 0.3 is 0 Å². The van der Waals surface area contributed by atoms with E-state index in [-0.39, 0.29) is 53.9 Å². The Labute approximate surface area is 280 Å². The third-order valence-electron chi connectivity index (χ3n) is 9.93. The summed E-state index contributed by atoms with van der Waals surface area (Å²) < 4.78 is 12.0. The number of carbonyl (C=O) groups excluding carboxylic acids is 3. The van der Waals surface area contributed by atoms with Gasteiger partial charge in [0, 0.05) is 57.6 Å². The van der Waals surface area contributed by atoms with Crippen LogP contribution in [0, 0.1) is 17.8 Å². The molecule has 2 heterocycles. The van der Waals surface area contributed by atoms with Gasteiger partial charge in [-0.25, -0.2) is 4.98 Å². The van der Waals surface area contributed by atoms with Gasteiger partial charge in [-0.1, -0.05) is 71.4 Å². The molecule has 1 aromatic carbocycles. The first-order chi connectivity index (χ1) is 21.9. The number of ether oxygens (including phenoxy) is 2. The van der Waals surface area contributed by atoms with E-state index in [4.69, 9.17) is 15.2 Å². The van der Waals surface area contributed by atoms with E-state index in [1.54, 1.807) is 43.7 Å². The van der Waals surface area contributed by atoms with Crippen molar-refractivity contribution in [3.05, 3.63) is 52.5 Å². The van der Waals surface area contributed by atoms with Crippen LogP contribution in [0.15, 0.2) is 41.9 Å². The smallest absolute Gasteiger partial charge is 0.239 e. The van der Waals surface area contributed by atoms with Gasteiger partial charge in [0.15, 0.2) is 0 Å². The molecular formula is C36H56N4O5S. The van der Waals surface area contributed by atoms with Gasteiger partial charge in [-0.05, 0) is 36.7 Å². The molecule has 0 saturated carbocycles. The number of likely N-dealkylation sites (tertiary alicyclic amines) is 1. The fourth-order valence-corrected chi connectivity index (χ4v) is 7.61. The van der Waals surface area contributed by atoms with Crippen molar-refractivity contribution in [3.63, 3.8) is 0 Å². The minimum atomic E-state index is -0.628. The SMILES string of the molecule is CC[C@H](C)[C@@H]([C@@H](CC(=O)N1CCC[C@H]1[C@H](OC)[C@@H](C)C(=O)C[C@@H](Cc1ccccc1)c1nccs1)OC)N(C)C(=O)[C@@H](N)C(C)C. The van der Waals surface area contributed by atoms with E-state index in [2.05, 4.69) is 31.0 Å². The zero-order valence-corrected chi connectivity index (χ0v) is 29.9. The van der Waals surface area contributed by atoms with E-state index < -0.39 is 24.2 Å². The zero-order chi connectivity index (χ0) is 34.0. The molecule has 256 valence electrons. The summed E-state index contributed by atoms with van der Waals surface area (Å²) in [5.74, 6) is -0.450. The van der Waals surface area contributed by atoms with Crippen LogP contribution in [0.25, 0.3) is 0 Å². The molecule has 1 saturated heterocycles. The van der Waals surface area contributed by atoms with Crippen molar-refractivity contribution in [1.29, 1.82) is 0 Å². The van der Waals surface area contributed by atoms with Crippen LogP contribution >= 0.6 is 11.3 Å². The normalized spacial score (nSPS) is 19.7. The predicted octanol–water partition coefficient (Wildman–Crippen LogP) is 5.33. The summed E-state index contributed by atoms with van der Waals surface area (Å²) in [6.45, 7) is 10.5. The summed E-state index contributed by atoms with van der Waals surface area (Å²) in [6, 6.07) is 9.02. The van der Waals surface area contributed by atoms with Crippen molar-refractivity contribution >= 4 is 28.9 Å². The lowest BCUT2D eigenvalue weighted by Gasteiger charge is -2.40. The molecule has 9 nitrogen and oxygen atoms in total. The van der Waals surface area contributed by atoms with E-state index in [1.807, 2.05) is 49.3 Å². The van der Waals surface area contributed by atoms with Crippen LogP contribution < -0.4 is 5.73 Å². The Morgan fingerprint density at radius 2 is 1.78 bits per heavy atom. The number of hydrogen-bond donors (Lipinski definition) is 1. The first-order valence-electron chi connectivity index (χ1n) is 16.8. The second-order valence-electron chi connectivity index (χ2n) is 13.3. The molecule has 0 aliphatic carbocycles. The molecule has 0 spiro atoms. The maximum atomic E-state index is 14.0. The molecule has 3 rings (SSSR count). The van der Waals surface area contributed by atoms with E-state index >= 15 is 0 Å². The van der Waals surface area contributed by atoms with Gasteiger partial charge < -0.3 is 25.0 Å². The van der Waals surface area contributed by atoms with Crippen molar-refractivity contribution in [2.75, 3.05) is 27.8 Å². The minimum absolute atomic E-state index is 0.00798. The van der Waals surface area contributed by atoms with Gasteiger partial charge in [0.2, 0.25) is 11.8 Å². The van der Waals surface area contributed by atoms with E-state index in [9.17, 15) is 14.4 Å². The number of Topliss-reactive ketones (excluding diaryl/α,β-unsaturated/α-hetero) is 1. The highest BCUT2D eigenvalue weighted by atomic mass is 32.1. The summed E-state index contributed by atoms with van der Waals surface area (Å²) >= 11 is 1.58. The number of hydrogen-bond acceptors (Lipinski definition) is 8. The van der Waals surface area contributed by atoms with Crippen molar-refractivity contribution in [1.82, 2.24) is 14.8 Å². The molecule has 0 radical (unpaired) electrons. The number of amides is 2. The number of aromatic nitrogens is 1. The maximum absolute atomic E-state index is 14.0. The highest BCUT2D eigenvalue weighted by molar-refractivity contribution is 7.09. The molecule has 0 bridgehead atoms. The molecule has 8 atom stereocenters. The van der Waals surface area contributed by atoms with Gasteiger partial charge in [0.25, 0.3) is 0 Å². The molecule has 1 aliphatic rings. The largest absolute Gasteiger partial charge is 0.379 e. The number of nitrogens with zero attached hydrogens (tertiary/aromatic N) is 3. The minimum Gasteiger partial charge on any atom is -0.379 e. The van der Waals surface area contributed by atoms with Crippen LogP contribution in [0.4, 0.5) is 0 Å². The maximum Gasteiger partial charge on any atom is 0.239 e. The Kier molecular flexibility index (Phi) is 14.8. The molecule has 46 heavy (non-hydrogen) atoms. The van der Waals surface area contributed by atoms with Crippen LogP contribution in [0.5, 0.6) is 0 Å². The lowest BCUT2D eigenvalue weighted by molar-refractivity contribution is -0.146. The van der Waals surface area contributed by atoms with Gasteiger partial charge in [0.05, 0.1) is 41.8 Å². The van der Waals surface area contributed by atoms with Crippen molar-refractivity contribution in [3.8, 4) is 0 Å². The second-order valence-corrected chi connectivity index (χ2v) is 14.2. The van der Waals surface area contributed by atoms with Crippen molar-refractivity contribution < 1.29 is 23.9 Å². The Bertz CT molecular complexity index is 1230. The molecule has 1 fully saturated rings. The van der Waals surface area contributed by atoms with Crippen molar-refractivity contribution in [2.24, 2.45) is 23.5 Å². The van der Waals surface area contributed by atoms with Gasteiger partial charge in [-0.15, -0.1) is 11.3 Å². The third kappa shape index (κ3) is 9.46. The van der Waals surface area contributed by atoms with E-state index in [1.165, 1.54) is 5.56 Å². The van der Waals surface area contributed by atoms with E-state index in [0.717, 1.165) is 30.7 Å². The summed E-state index contributed by atoms with van der Waals surface area (Å²) in [5.41, 5.74) is 7.41. The number of nitrogens with two attached hydrogens (primary N) is 1. The number of rotatable bonds is 18. The van der Waals surface area contributed by atoms with Crippen LogP contribution in [0.1, 0.15) is 83.2 Å². The lowest BCUT2D eigenvalue weighted by atomic mass is 9.85. The third-order valence-corrected chi connectivity index (χ3v) is 10.9. The molecule has 0 unspecified atom stereocenters. The predicted molar refractivity (Wildman–Crippen MR) is 184 cm³/mol. The summed E-state index contributed by atoms with van der Waals surface area (Å²) in [6.07, 6.45) is 4.46. The number of methoxy groups -OCH3 is 2. The molecule has 1 aromatic heterocycles. The lowest BCUT2D eigenvalue weighted by Crippen LogP contribution is -2.56. The Hall–Kier alpha value is -2.66. The molecule has 2 aromatic rings. The molecule has 2 N–H and O–H groups in total. The average molecular weight is 657 g/mol. The molecular weight excluding hydrogens is 600 g/mol. The average Bonchev–Trinajstić information content (AvgIpc) is 3.77. The van der Waals surface area contributed by atoms with Crippen LogP contribution in [0.3, 0.4) is 0 Å². The number of benzene rings is 1. The number of likely N-dealkylation sites (N-methyl/N-ethyl adjacent to an activating group) is 1. The zero-order valence-electron chi connectivity index (χ0n) is 29.1. The van der Waals surface area contributed by atoms with Crippen LogP contribution in [-0.2, 0) is 30.3 Å². The number of thiazole rings is 1. The fourth-order valence-electron chi connectivity index (χ4n) is 6.87. The Morgan fingerprint density at radius 1 is 1.09 bits per heavy atom. The summed E-state index contributed by atoms with van der Waals surface area (Å²) in [5, 5.41) is 2.91. The van der Waals surface area contributed by atoms with E-state index in [0.29, 0.717) is 13.0 Å². The monoisotopic (exact) mass is 656 g/mol. The van der Waals surface area contributed by atoms with Crippen LogP contribution in [0.2, 0.25) is 0 Å². The van der Waals surface area contributed by atoms with Crippen LogP contribution in [-0.4, -0.2) is 90.5 Å². The van der Waals surface area contributed by atoms with Gasteiger partial charge in [0.1, 0.15) is 5.78 Å². The van der Waals surface area contributed by atoms with Crippen molar-refractivity contribution in [2.45, 2.75) is 109 Å². The Balaban J connectivity index is 1.75. The Morgan fingerprint density at radius 3 is 2.35 bits per heavy atom. The molecule has 2 amide bonds.